The number of benzene rings is 1. The van der Waals surface area contributed by atoms with Crippen molar-refractivity contribution in [3.8, 4) is 11.1 Å². The molecule has 31 heavy (non-hydrogen) atoms. The van der Waals surface area contributed by atoms with Crippen molar-refractivity contribution in [2.75, 3.05) is 38.3 Å². The Balaban J connectivity index is 1.60. The highest BCUT2D eigenvalue weighted by molar-refractivity contribution is 5.98. The van der Waals surface area contributed by atoms with Crippen LogP contribution in [0.1, 0.15) is 5.56 Å². The number of nitrogens with zero attached hydrogens (tertiary/aromatic N) is 4. The molecule has 0 saturated carbocycles. The zero-order valence-electron chi connectivity index (χ0n) is 16.8. The Kier molecular flexibility index (Phi) is 7.27. The fourth-order valence-corrected chi connectivity index (χ4v) is 2.68. The minimum atomic E-state index is -0.938. The number of rotatable bonds is 8. The molecule has 12 heteroatoms. The largest absolute Gasteiger partial charge is 0.444 e. The number of carbonyl (C=O) groups is 1. The summed E-state index contributed by atoms with van der Waals surface area (Å²) >= 11 is 0. The summed E-state index contributed by atoms with van der Waals surface area (Å²) in [5, 5.41) is 12.9. The first-order valence-electron chi connectivity index (χ1n) is 9.27. The number of halogens is 1. The van der Waals surface area contributed by atoms with Gasteiger partial charge in [0.05, 0.1) is 25.4 Å². The van der Waals surface area contributed by atoms with Crippen molar-refractivity contribution in [2.45, 2.75) is 6.61 Å². The zero-order chi connectivity index (χ0) is 22.2. The second-order valence-electron chi connectivity index (χ2n) is 6.50. The van der Waals surface area contributed by atoms with E-state index in [0.29, 0.717) is 37.8 Å². The molecule has 1 aromatic heterocycles. The number of hydrogen-bond acceptors (Lipinski definition) is 9. The first-order chi connectivity index (χ1) is 15.0. The topological polar surface area (TPSA) is 148 Å². The van der Waals surface area contributed by atoms with Crippen LogP contribution in [0.4, 0.5) is 15.1 Å². The molecule has 0 atom stereocenters. The number of aromatic nitrogens is 2. The summed E-state index contributed by atoms with van der Waals surface area (Å²) in [6, 6.07) is 4.71. The van der Waals surface area contributed by atoms with E-state index in [0.717, 1.165) is 5.71 Å². The molecule has 2 aromatic rings. The Morgan fingerprint density at radius 1 is 1.32 bits per heavy atom. The van der Waals surface area contributed by atoms with Crippen molar-refractivity contribution >= 4 is 23.7 Å². The first kappa shape index (κ1) is 21.9. The summed E-state index contributed by atoms with van der Waals surface area (Å²) in [5.74, 6) is -0.614. The molecule has 0 bridgehead atoms. The normalized spacial score (nSPS) is 12.7. The summed E-state index contributed by atoms with van der Waals surface area (Å²) in [7, 11) is 1.59. The summed E-state index contributed by atoms with van der Waals surface area (Å²) in [4.78, 5) is 27.0. The zero-order valence-corrected chi connectivity index (χ0v) is 16.8. The van der Waals surface area contributed by atoms with Crippen LogP contribution in [0.5, 0.6) is 0 Å². The molecule has 0 aliphatic carbocycles. The van der Waals surface area contributed by atoms with Gasteiger partial charge in [0.1, 0.15) is 19.0 Å². The molecule has 3 rings (SSSR count). The molecule has 1 aliphatic heterocycles. The van der Waals surface area contributed by atoms with E-state index in [1.807, 2.05) is 10.2 Å². The lowest BCUT2D eigenvalue weighted by molar-refractivity contribution is 0.0743. The van der Waals surface area contributed by atoms with Gasteiger partial charge in [0.15, 0.2) is 5.96 Å². The summed E-state index contributed by atoms with van der Waals surface area (Å²) < 4.78 is 24.6. The van der Waals surface area contributed by atoms with Gasteiger partial charge in [0.2, 0.25) is 5.95 Å². The molecule has 4 N–H and O–H groups in total. The smallest absolute Gasteiger partial charge is 0.414 e. The van der Waals surface area contributed by atoms with Crippen LogP contribution >= 0.6 is 0 Å². The SMILES string of the molecule is COCCON=C1CN(c2ncc(-c3cccc(COC(=O)NC(=N)N)c3F)cn2)C1. The Labute approximate surface area is 177 Å². The molecule has 11 nitrogen and oxygen atoms in total. The van der Waals surface area contributed by atoms with E-state index in [-0.39, 0.29) is 17.7 Å². The number of nitrogens with two attached hydrogens (primary N) is 1. The Bertz CT molecular complexity index is 960. The van der Waals surface area contributed by atoms with Gasteiger partial charge in [-0.1, -0.05) is 23.4 Å². The van der Waals surface area contributed by atoms with Gasteiger partial charge in [-0.25, -0.2) is 19.2 Å². The van der Waals surface area contributed by atoms with Crippen molar-refractivity contribution in [1.82, 2.24) is 15.3 Å². The molecule has 0 spiro atoms. The molecule has 1 amide bonds. The minimum absolute atomic E-state index is 0.164. The maximum atomic E-state index is 14.8. The van der Waals surface area contributed by atoms with Gasteiger partial charge in [0.25, 0.3) is 0 Å². The summed E-state index contributed by atoms with van der Waals surface area (Å²) in [6.07, 6.45) is 2.11. The van der Waals surface area contributed by atoms with Gasteiger partial charge in [-0.05, 0) is 0 Å². The number of oxime groups is 1. The maximum absolute atomic E-state index is 14.8. The lowest BCUT2D eigenvalue weighted by Gasteiger charge is -2.31. The van der Waals surface area contributed by atoms with Crippen LogP contribution in [-0.4, -0.2) is 61.1 Å². The lowest BCUT2D eigenvalue weighted by atomic mass is 10.1. The molecule has 1 aliphatic rings. The van der Waals surface area contributed by atoms with E-state index in [2.05, 4.69) is 15.1 Å². The first-order valence-corrected chi connectivity index (χ1v) is 9.27. The van der Waals surface area contributed by atoms with Gasteiger partial charge < -0.3 is 24.9 Å². The predicted octanol–water partition coefficient (Wildman–Crippen LogP) is 1.24. The Morgan fingerprint density at radius 3 is 2.74 bits per heavy atom. The minimum Gasteiger partial charge on any atom is -0.444 e. The third kappa shape index (κ3) is 5.85. The van der Waals surface area contributed by atoms with E-state index in [1.54, 1.807) is 19.2 Å². The predicted molar refractivity (Wildman–Crippen MR) is 110 cm³/mol. The van der Waals surface area contributed by atoms with Crippen LogP contribution in [0.25, 0.3) is 11.1 Å². The number of nitrogens with one attached hydrogen (secondary N) is 2. The Hall–Kier alpha value is -3.80. The number of carbonyl (C=O) groups excluding carboxylic acids is 1. The van der Waals surface area contributed by atoms with E-state index in [4.69, 9.17) is 25.5 Å². The number of anilines is 1. The monoisotopic (exact) mass is 431 g/mol. The number of amides is 1. The average molecular weight is 431 g/mol. The van der Waals surface area contributed by atoms with E-state index >= 15 is 0 Å². The van der Waals surface area contributed by atoms with E-state index in [9.17, 15) is 9.18 Å². The second-order valence-corrected chi connectivity index (χ2v) is 6.50. The molecule has 0 radical (unpaired) electrons. The molecule has 164 valence electrons. The van der Waals surface area contributed by atoms with Gasteiger partial charge in [-0.15, -0.1) is 0 Å². The third-order valence-corrected chi connectivity index (χ3v) is 4.23. The van der Waals surface area contributed by atoms with Gasteiger partial charge in [-0.2, -0.15) is 0 Å². The van der Waals surface area contributed by atoms with Crippen LogP contribution in [0.15, 0.2) is 35.7 Å². The molecule has 1 aromatic carbocycles. The number of methoxy groups -OCH3 is 1. The third-order valence-electron chi connectivity index (χ3n) is 4.23. The number of ether oxygens (including phenoxy) is 2. The average Bonchev–Trinajstić information content (AvgIpc) is 2.71. The van der Waals surface area contributed by atoms with E-state index < -0.39 is 17.9 Å². The standard InChI is InChI=1S/C19H22FN7O4/c1-29-5-6-31-26-14-9-27(10-14)18-23-7-13(8-24-18)15-4-2-3-12(16(15)20)11-30-19(28)25-17(21)22/h2-4,7-8H,5-6,9-11H2,1H3,(H4,21,22,25,28). The number of alkyl carbamates (subject to hydrolysis) is 1. The van der Waals surface area contributed by atoms with Crippen molar-refractivity contribution in [1.29, 1.82) is 5.41 Å². The lowest BCUT2D eigenvalue weighted by Crippen LogP contribution is -2.48. The molecule has 1 saturated heterocycles. The van der Waals surface area contributed by atoms with Crippen LogP contribution in [0, 0.1) is 11.2 Å². The summed E-state index contributed by atoms with van der Waals surface area (Å²) in [5.41, 5.74) is 6.83. The highest BCUT2D eigenvalue weighted by atomic mass is 19.1. The van der Waals surface area contributed by atoms with Crippen molar-refractivity contribution in [3.63, 3.8) is 0 Å². The van der Waals surface area contributed by atoms with Crippen LogP contribution in [-0.2, 0) is 20.9 Å². The van der Waals surface area contributed by atoms with Gasteiger partial charge >= 0.3 is 6.09 Å². The number of hydrogen-bond donors (Lipinski definition) is 3. The van der Waals surface area contributed by atoms with Gasteiger partial charge in [-0.3, -0.25) is 10.7 Å². The van der Waals surface area contributed by atoms with Crippen LogP contribution in [0.2, 0.25) is 0 Å². The van der Waals surface area contributed by atoms with Crippen LogP contribution < -0.4 is 16.0 Å². The van der Waals surface area contributed by atoms with Crippen molar-refractivity contribution in [3.05, 3.63) is 42.0 Å². The molecule has 1 fully saturated rings. The van der Waals surface area contributed by atoms with Crippen LogP contribution in [0.3, 0.4) is 0 Å². The fraction of sp³-hybridized carbons (Fsp3) is 0.316. The molecule has 2 heterocycles. The molecular formula is C19H22FN7O4. The molecular weight excluding hydrogens is 409 g/mol. The quantitative estimate of drug-likeness (QED) is 0.245. The van der Waals surface area contributed by atoms with Crippen molar-refractivity contribution < 1.29 is 23.5 Å². The van der Waals surface area contributed by atoms with Crippen molar-refractivity contribution in [2.24, 2.45) is 10.9 Å². The van der Waals surface area contributed by atoms with Gasteiger partial charge in [0, 0.05) is 36.2 Å². The number of guanidine groups is 1. The highest BCUT2D eigenvalue weighted by Crippen LogP contribution is 2.25. The highest BCUT2D eigenvalue weighted by Gasteiger charge is 2.25. The molecule has 0 unspecified atom stereocenters. The second kappa shape index (κ2) is 10.3. The fourth-order valence-electron chi connectivity index (χ4n) is 2.68. The summed E-state index contributed by atoms with van der Waals surface area (Å²) in [6.45, 7) is 1.65. The van der Waals surface area contributed by atoms with E-state index in [1.165, 1.54) is 18.5 Å². The Morgan fingerprint density at radius 2 is 2.06 bits per heavy atom. The maximum Gasteiger partial charge on any atom is 0.414 e.